The second-order valence-corrected chi connectivity index (χ2v) is 10.5. The molecule has 0 spiro atoms. The highest BCUT2D eigenvalue weighted by atomic mass is 35.5. The fourth-order valence-electron chi connectivity index (χ4n) is 4.18. The zero-order valence-corrected chi connectivity index (χ0v) is 23.1. The highest BCUT2D eigenvalue weighted by Crippen LogP contribution is 2.40. The van der Waals surface area contributed by atoms with Gasteiger partial charge in [-0.1, -0.05) is 30.7 Å². The Hall–Kier alpha value is -3.56. The lowest BCUT2D eigenvalue weighted by molar-refractivity contribution is 0.0526. The van der Waals surface area contributed by atoms with Crippen molar-refractivity contribution in [3.63, 3.8) is 0 Å². The summed E-state index contributed by atoms with van der Waals surface area (Å²) >= 11 is 7.36. The number of nitrogens with one attached hydrogen (secondary N) is 2. The van der Waals surface area contributed by atoms with Gasteiger partial charge in [0.15, 0.2) is 11.5 Å². The van der Waals surface area contributed by atoms with Gasteiger partial charge in [0, 0.05) is 9.90 Å². The largest absolute Gasteiger partial charge is 0.493 e. The van der Waals surface area contributed by atoms with Gasteiger partial charge in [-0.05, 0) is 79.1 Å². The second kappa shape index (κ2) is 12.8. The summed E-state index contributed by atoms with van der Waals surface area (Å²) in [6.07, 6.45) is 4.18. The van der Waals surface area contributed by atoms with E-state index in [0.717, 1.165) is 35.3 Å². The van der Waals surface area contributed by atoms with Crippen molar-refractivity contribution < 1.29 is 23.8 Å². The number of halogens is 1. The van der Waals surface area contributed by atoms with E-state index in [9.17, 15) is 9.59 Å². The fraction of sp³-hybridized carbons (Fsp3) is 0.321. The molecule has 2 N–H and O–H groups in total. The maximum Gasteiger partial charge on any atom is 0.341 e. The quantitative estimate of drug-likeness (QED) is 0.180. The number of nitrogens with zero attached hydrogens (tertiary/aromatic N) is 1. The number of hydrazone groups is 1. The van der Waals surface area contributed by atoms with Gasteiger partial charge >= 0.3 is 12.0 Å². The minimum atomic E-state index is -0.548. The number of carbonyl (C=O) groups is 2. The number of urea groups is 1. The van der Waals surface area contributed by atoms with Crippen molar-refractivity contribution >= 4 is 46.2 Å². The SMILES string of the molecule is CCOC(=O)c1c(NC(=O)N/N=C\c2ccc(OCc3ccc(Cl)cc3)c(OC)c2)sc2c1CCC(C)C2. The second-order valence-electron chi connectivity index (χ2n) is 8.93. The number of esters is 1. The van der Waals surface area contributed by atoms with E-state index in [4.69, 9.17) is 25.8 Å². The first kappa shape index (κ1) is 27.5. The van der Waals surface area contributed by atoms with E-state index in [2.05, 4.69) is 22.8 Å². The topological polar surface area (TPSA) is 98.2 Å². The molecule has 10 heteroatoms. The van der Waals surface area contributed by atoms with Crippen molar-refractivity contribution in [2.24, 2.45) is 11.0 Å². The summed E-state index contributed by atoms with van der Waals surface area (Å²) in [5.41, 5.74) is 5.58. The van der Waals surface area contributed by atoms with Crippen molar-refractivity contribution in [2.45, 2.75) is 39.7 Å². The highest BCUT2D eigenvalue weighted by Gasteiger charge is 2.29. The third-order valence-electron chi connectivity index (χ3n) is 6.09. The molecule has 0 saturated heterocycles. The van der Waals surface area contributed by atoms with Crippen LogP contribution in [-0.4, -0.2) is 31.9 Å². The number of benzene rings is 2. The van der Waals surface area contributed by atoms with Gasteiger partial charge in [-0.25, -0.2) is 15.0 Å². The number of amides is 2. The van der Waals surface area contributed by atoms with Crippen LogP contribution < -0.4 is 20.2 Å². The number of hydrogen-bond acceptors (Lipinski definition) is 7. The number of carbonyl (C=O) groups excluding carboxylic acids is 2. The van der Waals surface area contributed by atoms with Crippen LogP contribution in [0.4, 0.5) is 9.80 Å². The van der Waals surface area contributed by atoms with Crippen molar-refractivity contribution in [1.29, 1.82) is 0 Å². The minimum Gasteiger partial charge on any atom is -0.493 e. The summed E-state index contributed by atoms with van der Waals surface area (Å²) in [6, 6.07) is 12.2. The Labute approximate surface area is 230 Å². The van der Waals surface area contributed by atoms with Crippen LogP contribution in [-0.2, 0) is 24.2 Å². The van der Waals surface area contributed by atoms with Crippen LogP contribution in [0.25, 0.3) is 0 Å². The fourth-order valence-corrected chi connectivity index (χ4v) is 5.70. The number of thiophene rings is 1. The molecule has 8 nitrogen and oxygen atoms in total. The van der Waals surface area contributed by atoms with Crippen LogP contribution in [0.1, 0.15) is 52.2 Å². The molecule has 1 aliphatic carbocycles. The summed E-state index contributed by atoms with van der Waals surface area (Å²) in [4.78, 5) is 26.4. The molecule has 38 heavy (non-hydrogen) atoms. The standard InChI is InChI=1S/C28H30ClN3O5S/c1-4-36-27(33)25-21-11-5-17(2)13-24(21)38-26(25)31-28(34)32-30-15-19-8-12-22(23(14-19)35-3)37-16-18-6-9-20(29)10-7-18/h6-10,12,14-15,17H,4-5,11,13,16H2,1-3H3,(H2,31,32,34)/b30-15-. The minimum absolute atomic E-state index is 0.268. The number of hydrogen-bond donors (Lipinski definition) is 2. The van der Waals surface area contributed by atoms with Crippen molar-refractivity contribution in [1.82, 2.24) is 5.43 Å². The highest BCUT2D eigenvalue weighted by molar-refractivity contribution is 7.17. The normalized spacial score (nSPS) is 14.6. The van der Waals surface area contributed by atoms with E-state index in [1.54, 1.807) is 32.2 Å². The van der Waals surface area contributed by atoms with E-state index in [-0.39, 0.29) is 6.61 Å². The molecule has 1 unspecified atom stereocenters. The van der Waals surface area contributed by atoms with E-state index in [0.29, 0.717) is 45.2 Å². The maximum atomic E-state index is 12.6. The first-order valence-electron chi connectivity index (χ1n) is 12.3. The van der Waals surface area contributed by atoms with Gasteiger partial charge in [-0.2, -0.15) is 5.10 Å². The molecular formula is C28H30ClN3O5S. The summed E-state index contributed by atoms with van der Waals surface area (Å²) in [5, 5.41) is 7.97. The molecule has 1 aromatic heterocycles. The Balaban J connectivity index is 1.39. The summed E-state index contributed by atoms with van der Waals surface area (Å²) < 4.78 is 16.6. The monoisotopic (exact) mass is 555 g/mol. The van der Waals surface area contributed by atoms with Crippen LogP contribution in [0.15, 0.2) is 47.6 Å². The number of ether oxygens (including phenoxy) is 3. The Bertz CT molecular complexity index is 1320. The van der Waals surface area contributed by atoms with Crippen LogP contribution in [0.5, 0.6) is 11.5 Å². The third-order valence-corrected chi connectivity index (χ3v) is 7.52. The van der Waals surface area contributed by atoms with E-state index in [1.807, 2.05) is 24.3 Å². The Kier molecular flexibility index (Phi) is 9.25. The van der Waals surface area contributed by atoms with Crippen LogP contribution in [0, 0.1) is 5.92 Å². The third kappa shape index (κ3) is 6.85. The van der Waals surface area contributed by atoms with Gasteiger partial charge in [0.2, 0.25) is 0 Å². The predicted octanol–water partition coefficient (Wildman–Crippen LogP) is 6.45. The average molecular weight is 556 g/mol. The number of fused-ring (bicyclic) bond motifs is 1. The Morgan fingerprint density at radius 1 is 1.18 bits per heavy atom. The molecule has 1 heterocycles. The smallest absolute Gasteiger partial charge is 0.341 e. The molecule has 2 aromatic carbocycles. The van der Waals surface area contributed by atoms with Crippen LogP contribution in [0.3, 0.4) is 0 Å². The first-order chi connectivity index (χ1) is 18.4. The molecule has 3 aromatic rings. The number of anilines is 1. The summed E-state index contributed by atoms with van der Waals surface area (Å²) in [6.45, 7) is 4.58. The Morgan fingerprint density at radius 2 is 1.97 bits per heavy atom. The van der Waals surface area contributed by atoms with Gasteiger partial charge < -0.3 is 14.2 Å². The lowest BCUT2D eigenvalue weighted by Crippen LogP contribution is -2.25. The van der Waals surface area contributed by atoms with Crippen molar-refractivity contribution in [3.05, 3.63) is 74.6 Å². The molecule has 1 atom stereocenters. The van der Waals surface area contributed by atoms with Crippen molar-refractivity contribution in [2.75, 3.05) is 19.0 Å². The van der Waals surface area contributed by atoms with Crippen molar-refractivity contribution in [3.8, 4) is 11.5 Å². The molecule has 2 amide bonds. The van der Waals surface area contributed by atoms with Crippen LogP contribution >= 0.6 is 22.9 Å². The summed E-state index contributed by atoms with van der Waals surface area (Å²) in [7, 11) is 1.56. The van der Waals surface area contributed by atoms with Gasteiger partial charge in [0.1, 0.15) is 11.6 Å². The molecule has 0 saturated carbocycles. The van der Waals surface area contributed by atoms with Gasteiger partial charge in [0.05, 0.1) is 25.5 Å². The number of methoxy groups -OCH3 is 1. The molecule has 0 radical (unpaired) electrons. The van der Waals surface area contributed by atoms with E-state index in [1.165, 1.54) is 17.6 Å². The van der Waals surface area contributed by atoms with Gasteiger partial charge in [0.25, 0.3) is 0 Å². The lowest BCUT2D eigenvalue weighted by atomic mass is 9.88. The molecule has 0 fully saturated rings. The molecular weight excluding hydrogens is 526 g/mol. The van der Waals surface area contributed by atoms with E-state index >= 15 is 0 Å². The molecule has 200 valence electrons. The van der Waals surface area contributed by atoms with Gasteiger partial charge in [-0.3, -0.25) is 5.32 Å². The molecule has 1 aliphatic rings. The van der Waals surface area contributed by atoms with Gasteiger partial charge in [-0.15, -0.1) is 11.3 Å². The molecule has 0 bridgehead atoms. The van der Waals surface area contributed by atoms with E-state index < -0.39 is 12.0 Å². The zero-order valence-electron chi connectivity index (χ0n) is 21.5. The Morgan fingerprint density at radius 3 is 2.71 bits per heavy atom. The number of rotatable bonds is 9. The maximum absolute atomic E-state index is 12.6. The zero-order chi connectivity index (χ0) is 27.1. The average Bonchev–Trinajstić information content (AvgIpc) is 3.25. The molecule has 4 rings (SSSR count). The molecule has 0 aliphatic heterocycles. The summed E-state index contributed by atoms with van der Waals surface area (Å²) in [5.74, 6) is 1.23. The predicted molar refractivity (Wildman–Crippen MR) is 150 cm³/mol. The first-order valence-corrected chi connectivity index (χ1v) is 13.5. The van der Waals surface area contributed by atoms with Crippen LogP contribution in [0.2, 0.25) is 5.02 Å². The lowest BCUT2D eigenvalue weighted by Gasteiger charge is -2.18.